The van der Waals surface area contributed by atoms with Crippen molar-refractivity contribution >= 4 is 27.4 Å². The van der Waals surface area contributed by atoms with Gasteiger partial charge in [-0.3, -0.25) is 9.67 Å². The predicted molar refractivity (Wildman–Crippen MR) is 159 cm³/mol. The molecule has 1 aromatic rings. The maximum Gasteiger partial charge on any atom is 0.317 e. The molecule has 42 heavy (non-hydrogen) atoms. The van der Waals surface area contributed by atoms with E-state index in [1.54, 1.807) is 32.0 Å². The summed E-state index contributed by atoms with van der Waals surface area (Å²) >= 11 is 0. The Morgan fingerprint density at radius 1 is 1.26 bits per heavy atom. The molecule has 1 saturated heterocycles. The topological polar surface area (TPSA) is 126 Å². The van der Waals surface area contributed by atoms with Crippen molar-refractivity contribution < 1.29 is 22.0 Å². The number of carbonyl (C=O) groups excluding carboxylic acids is 1. The van der Waals surface area contributed by atoms with Gasteiger partial charge in [0, 0.05) is 67.3 Å². The van der Waals surface area contributed by atoms with Gasteiger partial charge >= 0.3 is 6.03 Å². The normalized spacial score (nSPS) is 25.4. The Labute approximate surface area is 246 Å². The van der Waals surface area contributed by atoms with Gasteiger partial charge in [-0.2, -0.15) is 5.10 Å². The number of rotatable bonds is 5. The molecule has 5 rings (SSSR count). The van der Waals surface area contributed by atoms with E-state index in [0.29, 0.717) is 62.4 Å². The molecule has 1 aliphatic carbocycles. The molecule has 230 valence electrons. The predicted octanol–water partition coefficient (Wildman–Crippen LogP) is 3.72. The van der Waals surface area contributed by atoms with Gasteiger partial charge in [-0.25, -0.2) is 22.0 Å². The highest BCUT2D eigenvalue weighted by Gasteiger charge is 2.44. The summed E-state index contributed by atoms with van der Waals surface area (Å²) < 4.78 is 55.9. The number of aromatic nitrogens is 2. The van der Waals surface area contributed by atoms with Crippen molar-refractivity contribution in [3.63, 3.8) is 0 Å². The second-order valence-corrected chi connectivity index (χ2v) is 14.1. The molecule has 2 amide bonds. The molecule has 1 fully saturated rings. The maximum atomic E-state index is 14.8. The fourth-order valence-electron chi connectivity index (χ4n) is 7.08. The number of amides is 2. The van der Waals surface area contributed by atoms with Crippen molar-refractivity contribution in [3.8, 4) is 0 Å². The number of urea groups is 1. The minimum atomic E-state index is -3.06. The quantitative estimate of drug-likeness (QED) is 0.493. The minimum absolute atomic E-state index is 0.00868. The third kappa shape index (κ3) is 5.24. The molecule has 0 saturated carbocycles. The highest BCUT2D eigenvalue weighted by molar-refractivity contribution is 7.91. The van der Waals surface area contributed by atoms with Crippen LogP contribution in [0.15, 0.2) is 39.7 Å². The standard InChI is InChI=1S/C29H41F2N7O3S/c1-18(33-3)23(16-32)29(2)15-19-6-5-10-37(25(19)14-22(29)26(30)31)27-21-17-36(28(39)34-4)11-7-24(21)38(35-27)20-8-12-42(40,41)13-9-20/h14,16,20,26H,5-13,15,17,32H2,1-4H3,(H,34,39). The first-order valence-electron chi connectivity index (χ1n) is 14.6. The number of nitrogens with zero attached hydrogens (tertiary/aromatic N) is 5. The van der Waals surface area contributed by atoms with Crippen LogP contribution in [0.5, 0.6) is 0 Å². The average Bonchev–Trinajstić information content (AvgIpc) is 3.34. The van der Waals surface area contributed by atoms with Crippen LogP contribution in [0.4, 0.5) is 19.4 Å². The van der Waals surface area contributed by atoms with Crippen LogP contribution in [0.25, 0.3) is 0 Å². The van der Waals surface area contributed by atoms with E-state index in [0.717, 1.165) is 35.4 Å². The van der Waals surface area contributed by atoms with E-state index in [9.17, 15) is 22.0 Å². The second kappa shape index (κ2) is 11.5. The summed E-state index contributed by atoms with van der Waals surface area (Å²) in [6.45, 7) is 5.05. The first kappa shape index (κ1) is 30.2. The van der Waals surface area contributed by atoms with Crippen molar-refractivity contribution in [2.75, 3.05) is 43.6 Å². The largest absolute Gasteiger partial charge is 0.404 e. The van der Waals surface area contributed by atoms with Crippen LogP contribution in [-0.2, 0) is 22.8 Å². The van der Waals surface area contributed by atoms with Crippen LogP contribution in [0, 0.1) is 5.41 Å². The van der Waals surface area contributed by atoms with Crippen LogP contribution in [0.2, 0.25) is 0 Å². The average molecular weight is 606 g/mol. The van der Waals surface area contributed by atoms with Crippen molar-refractivity contribution in [2.45, 2.75) is 71.4 Å². The number of carbonyl (C=O) groups is 1. The summed E-state index contributed by atoms with van der Waals surface area (Å²) in [5, 5.41) is 7.78. The Balaban J connectivity index is 1.61. The van der Waals surface area contributed by atoms with Crippen LogP contribution in [0.1, 0.15) is 63.3 Å². The molecule has 1 atom stereocenters. The maximum absolute atomic E-state index is 14.8. The summed E-state index contributed by atoms with van der Waals surface area (Å²) in [4.78, 5) is 20.6. The van der Waals surface area contributed by atoms with Gasteiger partial charge in [0.1, 0.15) is 9.84 Å². The molecule has 13 heteroatoms. The Bertz CT molecular complexity index is 1480. The van der Waals surface area contributed by atoms with Crippen LogP contribution in [0.3, 0.4) is 0 Å². The summed E-state index contributed by atoms with van der Waals surface area (Å²) in [6, 6.07) is -0.264. The van der Waals surface area contributed by atoms with E-state index in [2.05, 4.69) is 10.3 Å². The van der Waals surface area contributed by atoms with Crippen molar-refractivity contribution in [1.82, 2.24) is 20.0 Å². The van der Waals surface area contributed by atoms with Crippen molar-refractivity contribution in [3.05, 3.63) is 45.9 Å². The molecule has 3 N–H and O–H groups in total. The van der Waals surface area contributed by atoms with Crippen LogP contribution < -0.4 is 16.0 Å². The highest BCUT2D eigenvalue weighted by Crippen LogP contribution is 2.51. The molecule has 0 spiro atoms. The molecule has 4 aliphatic rings. The van der Waals surface area contributed by atoms with Crippen LogP contribution >= 0.6 is 0 Å². The van der Waals surface area contributed by atoms with Gasteiger partial charge in [0.25, 0.3) is 6.43 Å². The van der Waals surface area contributed by atoms with Gasteiger partial charge in [0.2, 0.25) is 0 Å². The van der Waals surface area contributed by atoms with E-state index < -0.39 is 21.7 Å². The Hall–Kier alpha value is -3.22. The molecule has 0 radical (unpaired) electrons. The lowest BCUT2D eigenvalue weighted by atomic mass is 9.66. The lowest BCUT2D eigenvalue weighted by molar-refractivity contribution is 0.160. The van der Waals surface area contributed by atoms with Gasteiger partial charge < -0.3 is 20.9 Å². The number of anilines is 1. The third-order valence-electron chi connectivity index (χ3n) is 9.42. The monoisotopic (exact) mass is 605 g/mol. The van der Waals surface area contributed by atoms with Gasteiger partial charge in [-0.05, 0) is 62.5 Å². The van der Waals surface area contributed by atoms with Gasteiger partial charge in [-0.15, -0.1) is 0 Å². The molecule has 0 bridgehead atoms. The Morgan fingerprint density at radius 3 is 2.60 bits per heavy atom. The van der Waals surface area contributed by atoms with Crippen molar-refractivity contribution in [2.24, 2.45) is 16.1 Å². The smallest absolute Gasteiger partial charge is 0.317 e. The Morgan fingerprint density at radius 2 is 1.98 bits per heavy atom. The summed E-state index contributed by atoms with van der Waals surface area (Å²) in [6.07, 6.45) is 3.82. The van der Waals surface area contributed by atoms with Gasteiger partial charge in [0.15, 0.2) is 5.82 Å². The number of allylic oxidation sites excluding steroid dienone is 4. The number of hydrogen-bond acceptors (Lipinski definition) is 7. The molecule has 0 aromatic carbocycles. The molecule has 10 nitrogen and oxygen atoms in total. The molecule has 3 aliphatic heterocycles. The summed E-state index contributed by atoms with van der Waals surface area (Å²) in [5.41, 5.74) is 9.88. The number of sulfone groups is 1. The fraction of sp³-hybridized carbons (Fsp3) is 0.621. The van der Waals surface area contributed by atoms with E-state index in [4.69, 9.17) is 10.8 Å². The lowest BCUT2D eigenvalue weighted by Gasteiger charge is -2.43. The van der Waals surface area contributed by atoms with Gasteiger partial charge in [0.05, 0.1) is 24.1 Å². The zero-order chi connectivity index (χ0) is 30.4. The summed E-state index contributed by atoms with van der Waals surface area (Å²) in [7, 11) is 0.165. The van der Waals surface area contributed by atoms with E-state index in [1.807, 2.05) is 16.5 Å². The second-order valence-electron chi connectivity index (χ2n) is 11.8. The molecule has 4 heterocycles. The molecule has 1 unspecified atom stereocenters. The third-order valence-corrected chi connectivity index (χ3v) is 11.1. The lowest BCUT2D eigenvalue weighted by Crippen LogP contribution is -2.42. The Kier molecular flexibility index (Phi) is 8.25. The van der Waals surface area contributed by atoms with E-state index >= 15 is 0 Å². The van der Waals surface area contributed by atoms with Crippen molar-refractivity contribution in [1.29, 1.82) is 0 Å². The zero-order valence-corrected chi connectivity index (χ0v) is 25.6. The molecule has 1 aromatic heterocycles. The number of alkyl halides is 2. The molecular formula is C29H41F2N7O3S. The number of nitrogens with two attached hydrogens (primary N) is 1. The highest BCUT2D eigenvalue weighted by atomic mass is 32.2. The minimum Gasteiger partial charge on any atom is -0.404 e. The van der Waals surface area contributed by atoms with E-state index in [-0.39, 0.29) is 29.2 Å². The zero-order valence-electron chi connectivity index (χ0n) is 24.8. The molecular weight excluding hydrogens is 564 g/mol. The number of halogens is 2. The number of fused-ring (bicyclic) bond motifs is 1. The fourth-order valence-corrected chi connectivity index (χ4v) is 8.55. The van der Waals surface area contributed by atoms with Gasteiger partial charge in [-0.1, -0.05) is 6.92 Å². The first-order valence-corrected chi connectivity index (χ1v) is 16.4. The number of hydrogen-bond donors (Lipinski definition) is 2. The first-order chi connectivity index (χ1) is 19.9. The number of nitrogens with one attached hydrogen (secondary N) is 1. The van der Waals surface area contributed by atoms with Crippen LogP contribution in [-0.4, -0.2) is 80.0 Å². The summed E-state index contributed by atoms with van der Waals surface area (Å²) in [5.74, 6) is 0.886. The number of aliphatic imine (C=N–C) groups is 1. The SMILES string of the molecule is CN=C(C)C(=CN)C1(C)CC2=C(C=C1C(F)F)N(c1nn(C3CCS(=O)(=O)CC3)c3c1CN(C(=O)NC)CC3)CCC2. The van der Waals surface area contributed by atoms with E-state index in [1.165, 1.54) is 6.20 Å².